The summed E-state index contributed by atoms with van der Waals surface area (Å²) < 4.78 is 21.9. The molecule has 0 amide bonds. The molecule has 0 atom stereocenters. The Kier molecular flexibility index (Phi) is 9.86. The molecule has 8 heteroatoms. The molecule has 1 aliphatic carbocycles. The number of aliphatic imine (C=N–C) groups is 1. The van der Waals surface area contributed by atoms with Crippen molar-refractivity contribution in [1.29, 1.82) is 0 Å². The van der Waals surface area contributed by atoms with Crippen molar-refractivity contribution in [2.24, 2.45) is 10.9 Å². The summed E-state index contributed by atoms with van der Waals surface area (Å²) >= 11 is 0. The molecule has 0 saturated heterocycles. The highest BCUT2D eigenvalue weighted by molar-refractivity contribution is 14.0. The van der Waals surface area contributed by atoms with Gasteiger partial charge in [-0.15, -0.1) is 24.0 Å². The molecule has 1 aliphatic rings. The fourth-order valence-corrected chi connectivity index (χ4v) is 2.90. The maximum Gasteiger partial charge on any atom is 0.191 e. The fraction of sp³-hybridized carbons (Fsp3) is 0.524. The number of hydrogen-bond acceptors (Lipinski definition) is 3. The van der Waals surface area contributed by atoms with E-state index in [0.717, 1.165) is 56.0 Å². The van der Waals surface area contributed by atoms with Crippen LogP contribution in [0.5, 0.6) is 0 Å². The summed E-state index contributed by atoms with van der Waals surface area (Å²) in [7, 11) is 0. The molecule has 1 saturated carbocycles. The lowest BCUT2D eigenvalue weighted by molar-refractivity contribution is 0.123. The van der Waals surface area contributed by atoms with Gasteiger partial charge in [-0.2, -0.15) is 0 Å². The average Bonchev–Trinajstić information content (AvgIpc) is 3.42. The monoisotopic (exact) mass is 515 g/mol. The quantitative estimate of drug-likeness (QED) is 0.219. The number of aromatic nitrogens is 2. The third kappa shape index (κ3) is 7.58. The molecule has 0 radical (unpaired) electrons. The number of aryl methyl sites for hydroxylation is 1. The minimum atomic E-state index is -0.278. The third-order valence-electron chi connectivity index (χ3n) is 4.67. The standard InChI is InChI=1S/C21H30FN5O.HI/c1-3-23-21(25-9-4-12-28-15-17-5-6-17)26-14-18-7-8-20(19(22)13-18)27-11-10-24-16(27)2;/h7-8,10-11,13,17H,3-6,9,12,14-15H2,1-2H3,(H2,23,25,26);1H. The Balaban J connectivity index is 0.00000300. The van der Waals surface area contributed by atoms with E-state index in [-0.39, 0.29) is 29.8 Å². The number of benzene rings is 1. The molecule has 2 N–H and O–H groups in total. The number of nitrogens with zero attached hydrogens (tertiary/aromatic N) is 3. The van der Waals surface area contributed by atoms with Crippen LogP contribution in [-0.4, -0.2) is 41.8 Å². The maximum atomic E-state index is 14.5. The third-order valence-corrected chi connectivity index (χ3v) is 4.67. The number of imidazole rings is 1. The van der Waals surface area contributed by atoms with E-state index in [0.29, 0.717) is 12.2 Å². The molecule has 0 spiro atoms. The Morgan fingerprint density at radius 3 is 2.83 bits per heavy atom. The van der Waals surface area contributed by atoms with Gasteiger partial charge in [0.15, 0.2) is 5.96 Å². The summed E-state index contributed by atoms with van der Waals surface area (Å²) in [6.07, 6.45) is 6.99. The summed E-state index contributed by atoms with van der Waals surface area (Å²) in [6.45, 7) is 7.52. The zero-order valence-electron chi connectivity index (χ0n) is 17.2. The van der Waals surface area contributed by atoms with Crippen LogP contribution in [0, 0.1) is 18.7 Å². The van der Waals surface area contributed by atoms with Crippen LogP contribution >= 0.6 is 24.0 Å². The Bertz CT molecular complexity index is 791. The molecule has 0 unspecified atom stereocenters. The van der Waals surface area contributed by atoms with Crippen molar-refractivity contribution < 1.29 is 9.13 Å². The van der Waals surface area contributed by atoms with Crippen LogP contribution in [0.1, 0.15) is 37.6 Å². The number of guanidine groups is 1. The van der Waals surface area contributed by atoms with E-state index in [1.807, 2.05) is 19.9 Å². The van der Waals surface area contributed by atoms with Gasteiger partial charge in [-0.25, -0.2) is 14.4 Å². The highest BCUT2D eigenvalue weighted by atomic mass is 127. The predicted molar refractivity (Wildman–Crippen MR) is 125 cm³/mol. The molecule has 2 aromatic rings. The lowest BCUT2D eigenvalue weighted by atomic mass is 10.2. The van der Waals surface area contributed by atoms with Crippen molar-refractivity contribution in [2.45, 2.75) is 39.7 Å². The first-order valence-corrected chi connectivity index (χ1v) is 10.1. The van der Waals surface area contributed by atoms with Crippen LogP contribution in [0.3, 0.4) is 0 Å². The fourth-order valence-electron chi connectivity index (χ4n) is 2.90. The second-order valence-electron chi connectivity index (χ2n) is 7.12. The first-order valence-electron chi connectivity index (χ1n) is 10.1. The summed E-state index contributed by atoms with van der Waals surface area (Å²) in [5, 5.41) is 6.52. The van der Waals surface area contributed by atoms with Crippen LogP contribution in [0.15, 0.2) is 35.6 Å². The Morgan fingerprint density at radius 2 is 2.17 bits per heavy atom. The van der Waals surface area contributed by atoms with Gasteiger partial charge in [-0.1, -0.05) is 6.07 Å². The van der Waals surface area contributed by atoms with Crippen LogP contribution in [0.2, 0.25) is 0 Å². The van der Waals surface area contributed by atoms with Gasteiger partial charge in [0.25, 0.3) is 0 Å². The molecule has 160 valence electrons. The van der Waals surface area contributed by atoms with Gasteiger partial charge >= 0.3 is 0 Å². The highest BCUT2D eigenvalue weighted by Gasteiger charge is 2.20. The molecular weight excluding hydrogens is 484 g/mol. The lowest BCUT2D eigenvalue weighted by Gasteiger charge is -2.12. The molecule has 1 aromatic carbocycles. The number of halogens is 2. The largest absolute Gasteiger partial charge is 0.381 e. The topological polar surface area (TPSA) is 63.5 Å². The van der Waals surface area contributed by atoms with Crippen molar-refractivity contribution in [1.82, 2.24) is 20.2 Å². The van der Waals surface area contributed by atoms with Gasteiger partial charge in [-0.3, -0.25) is 0 Å². The van der Waals surface area contributed by atoms with Crippen molar-refractivity contribution in [3.63, 3.8) is 0 Å². The Hall–Kier alpha value is -1.68. The summed E-state index contributed by atoms with van der Waals surface area (Å²) in [6, 6.07) is 5.20. The summed E-state index contributed by atoms with van der Waals surface area (Å²) in [5.74, 6) is 2.01. The van der Waals surface area contributed by atoms with Crippen LogP contribution in [0.4, 0.5) is 4.39 Å². The van der Waals surface area contributed by atoms with E-state index >= 15 is 0 Å². The molecule has 1 aromatic heterocycles. The van der Waals surface area contributed by atoms with Gasteiger partial charge in [-0.05, 0) is 56.7 Å². The number of ether oxygens (including phenoxy) is 1. The first kappa shape index (κ1) is 23.6. The first-order chi connectivity index (χ1) is 13.7. The minimum absolute atomic E-state index is 0. The second kappa shape index (κ2) is 12.1. The highest BCUT2D eigenvalue weighted by Crippen LogP contribution is 2.28. The predicted octanol–water partition coefficient (Wildman–Crippen LogP) is 3.81. The number of rotatable bonds is 10. The maximum absolute atomic E-state index is 14.5. The van der Waals surface area contributed by atoms with Crippen LogP contribution < -0.4 is 10.6 Å². The van der Waals surface area contributed by atoms with Crippen LogP contribution in [-0.2, 0) is 11.3 Å². The molecule has 1 heterocycles. The van der Waals surface area contributed by atoms with Crippen molar-refractivity contribution in [3.05, 3.63) is 47.8 Å². The van der Waals surface area contributed by atoms with E-state index in [4.69, 9.17) is 4.74 Å². The van der Waals surface area contributed by atoms with Gasteiger partial charge in [0, 0.05) is 38.7 Å². The molecule has 6 nitrogen and oxygen atoms in total. The Morgan fingerprint density at radius 1 is 1.34 bits per heavy atom. The number of nitrogens with one attached hydrogen (secondary N) is 2. The molecule has 1 fully saturated rings. The van der Waals surface area contributed by atoms with Gasteiger partial charge in [0.2, 0.25) is 0 Å². The van der Waals surface area contributed by atoms with E-state index in [1.165, 1.54) is 18.9 Å². The van der Waals surface area contributed by atoms with E-state index < -0.39 is 0 Å². The van der Waals surface area contributed by atoms with Crippen molar-refractivity contribution in [3.8, 4) is 5.69 Å². The second-order valence-corrected chi connectivity index (χ2v) is 7.12. The number of hydrogen-bond donors (Lipinski definition) is 2. The molecule has 0 bridgehead atoms. The average molecular weight is 515 g/mol. The molecular formula is C21H31FIN5O. The van der Waals surface area contributed by atoms with Crippen LogP contribution in [0.25, 0.3) is 5.69 Å². The summed E-state index contributed by atoms with van der Waals surface area (Å²) in [5.41, 5.74) is 1.32. The minimum Gasteiger partial charge on any atom is -0.381 e. The SMILES string of the molecule is CCNC(=NCc1ccc(-n2ccnc2C)c(F)c1)NCCCOCC1CC1.I. The van der Waals surface area contributed by atoms with E-state index in [1.54, 1.807) is 23.0 Å². The van der Waals surface area contributed by atoms with Gasteiger partial charge < -0.3 is 19.9 Å². The normalized spacial score (nSPS) is 13.8. The molecule has 0 aliphatic heterocycles. The lowest BCUT2D eigenvalue weighted by Crippen LogP contribution is -2.38. The molecule has 29 heavy (non-hydrogen) atoms. The van der Waals surface area contributed by atoms with Gasteiger partial charge in [0.1, 0.15) is 11.6 Å². The Labute approximate surface area is 189 Å². The smallest absolute Gasteiger partial charge is 0.191 e. The van der Waals surface area contributed by atoms with E-state index in [2.05, 4.69) is 20.6 Å². The van der Waals surface area contributed by atoms with Crippen molar-refractivity contribution >= 4 is 29.9 Å². The molecule has 3 rings (SSSR count). The zero-order chi connectivity index (χ0) is 19.8. The van der Waals surface area contributed by atoms with E-state index in [9.17, 15) is 4.39 Å². The van der Waals surface area contributed by atoms with Gasteiger partial charge in [0.05, 0.1) is 12.2 Å². The zero-order valence-corrected chi connectivity index (χ0v) is 19.5. The summed E-state index contributed by atoms with van der Waals surface area (Å²) in [4.78, 5) is 8.70. The van der Waals surface area contributed by atoms with Crippen molar-refractivity contribution in [2.75, 3.05) is 26.3 Å².